The molecule has 2 aromatic rings. The fourth-order valence-corrected chi connectivity index (χ4v) is 2.74. The second-order valence-corrected chi connectivity index (χ2v) is 5.35. The maximum Gasteiger partial charge on any atom is 0.276 e. The molecule has 0 bridgehead atoms. The first-order chi connectivity index (χ1) is 11.2. The molecule has 0 unspecified atom stereocenters. The molecule has 3 rings (SSSR count). The van der Waals surface area contributed by atoms with Gasteiger partial charge >= 0.3 is 0 Å². The van der Waals surface area contributed by atoms with Crippen molar-refractivity contribution in [2.24, 2.45) is 0 Å². The third kappa shape index (κ3) is 3.11. The van der Waals surface area contributed by atoms with Crippen LogP contribution in [0.2, 0.25) is 0 Å². The molecule has 0 spiro atoms. The molecule has 1 aliphatic carbocycles. The quantitative estimate of drug-likeness (QED) is 0.481. The van der Waals surface area contributed by atoms with Gasteiger partial charge in [0, 0.05) is 17.2 Å². The standard InChI is InChI=1S/C19H15NO3/c21-19-16(13-12-14-6-1-3-10-17(14)19)9-5-8-15-7-2-4-11-18(15)20(22)23/h1-11H,12-13H2. The highest BCUT2D eigenvalue weighted by molar-refractivity contribution is 6.10. The summed E-state index contributed by atoms with van der Waals surface area (Å²) in [6.07, 6.45) is 6.67. The minimum Gasteiger partial charge on any atom is -0.289 e. The Balaban J connectivity index is 1.84. The minimum absolute atomic E-state index is 0.0408. The first-order valence-electron chi connectivity index (χ1n) is 7.40. The molecule has 23 heavy (non-hydrogen) atoms. The molecule has 0 N–H and O–H groups in total. The summed E-state index contributed by atoms with van der Waals surface area (Å²) in [5, 5.41) is 11.0. The summed E-state index contributed by atoms with van der Waals surface area (Å²) in [5.74, 6) is 0.0408. The Hall–Kier alpha value is -3.01. The maximum atomic E-state index is 12.4. The number of benzene rings is 2. The molecule has 0 heterocycles. The summed E-state index contributed by atoms with van der Waals surface area (Å²) >= 11 is 0. The third-order valence-corrected chi connectivity index (χ3v) is 3.92. The number of Topliss-reactive ketones (excluding diaryl/α,β-unsaturated/α-hetero) is 1. The number of carbonyl (C=O) groups excluding carboxylic acids is 1. The lowest BCUT2D eigenvalue weighted by molar-refractivity contribution is -0.385. The molecular weight excluding hydrogens is 290 g/mol. The van der Waals surface area contributed by atoms with E-state index in [4.69, 9.17) is 0 Å². The number of nitro benzene ring substituents is 1. The Morgan fingerprint density at radius 3 is 2.57 bits per heavy atom. The van der Waals surface area contributed by atoms with Crippen molar-refractivity contribution in [1.82, 2.24) is 0 Å². The van der Waals surface area contributed by atoms with E-state index in [0.29, 0.717) is 12.0 Å². The van der Waals surface area contributed by atoms with Crippen LogP contribution in [0.4, 0.5) is 5.69 Å². The lowest BCUT2D eigenvalue weighted by Crippen LogP contribution is -2.13. The average Bonchev–Trinajstić information content (AvgIpc) is 2.57. The van der Waals surface area contributed by atoms with Crippen LogP contribution in [0.5, 0.6) is 0 Å². The number of nitrogens with zero attached hydrogens (tertiary/aromatic N) is 1. The van der Waals surface area contributed by atoms with E-state index in [1.54, 1.807) is 36.4 Å². The summed E-state index contributed by atoms with van der Waals surface area (Å²) in [5.41, 5.74) is 3.15. The summed E-state index contributed by atoms with van der Waals surface area (Å²) < 4.78 is 0. The molecule has 4 nitrogen and oxygen atoms in total. The van der Waals surface area contributed by atoms with Gasteiger partial charge in [0.05, 0.1) is 10.5 Å². The van der Waals surface area contributed by atoms with Gasteiger partial charge in [-0.05, 0) is 30.5 Å². The lowest BCUT2D eigenvalue weighted by Gasteiger charge is -2.16. The van der Waals surface area contributed by atoms with Crippen molar-refractivity contribution in [1.29, 1.82) is 0 Å². The zero-order chi connectivity index (χ0) is 16.2. The zero-order valence-corrected chi connectivity index (χ0v) is 12.4. The molecule has 1 aliphatic rings. The van der Waals surface area contributed by atoms with E-state index in [9.17, 15) is 14.9 Å². The van der Waals surface area contributed by atoms with Crippen molar-refractivity contribution in [2.75, 3.05) is 0 Å². The van der Waals surface area contributed by atoms with E-state index < -0.39 is 4.92 Å². The van der Waals surface area contributed by atoms with Gasteiger partial charge < -0.3 is 0 Å². The number of ketones is 1. The van der Waals surface area contributed by atoms with Crippen LogP contribution in [0.1, 0.15) is 27.9 Å². The minimum atomic E-state index is -0.408. The Kier molecular flexibility index (Phi) is 4.15. The van der Waals surface area contributed by atoms with Gasteiger partial charge in [-0.1, -0.05) is 48.6 Å². The summed E-state index contributed by atoms with van der Waals surface area (Å²) in [7, 11) is 0. The molecular formula is C19H15NO3. The number of hydrogen-bond donors (Lipinski definition) is 0. The van der Waals surface area contributed by atoms with Crippen LogP contribution in [0, 0.1) is 10.1 Å². The fraction of sp³-hybridized carbons (Fsp3) is 0.105. The molecule has 0 atom stereocenters. The molecule has 0 aliphatic heterocycles. The Morgan fingerprint density at radius 2 is 1.74 bits per heavy atom. The molecule has 0 amide bonds. The van der Waals surface area contributed by atoms with Crippen LogP contribution >= 0.6 is 0 Å². The topological polar surface area (TPSA) is 60.2 Å². The van der Waals surface area contributed by atoms with E-state index in [2.05, 4.69) is 0 Å². The number of fused-ring (bicyclic) bond motifs is 1. The second kappa shape index (κ2) is 6.40. The number of nitro groups is 1. The smallest absolute Gasteiger partial charge is 0.276 e. The van der Waals surface area contributed by atoms with E-state index in [-0.39, 0.29) is 11.5 Å². The average molecular weight is 305 g/mol. The van der Waals surface area contributed by atoms with Gasteiger partial charge in [0.15, 0.2) is 5.78 Å². The highest BCUT2D eigenvalue weighted by atomic mass is 16.6. The molecule has 0 saturated heterocycles. The number of carbonyl (C=O) groups is 1. The van der Waals surface area contributed by atoms with Crippen molar-refractivity contribution < 1.29 is 9.72 Å². The summed E-state index contributed by atoms with van der Waals surface area (Å²) in [4.78, 5) is 23.0. The van der Waals surface area contributed by atoms with E-state index in [0.717, 1.165) is 23.1 Å². The van der Waals surface area contributed by atoms with Crippen LogP contribution in [-0.2, 0) is 6.42 Å². The molecule has 0 aromatic heterocycles. The SMILES string of the molecule is O=C1C(=CC=Cc2ccccc2[N+](=O)[O-])CCc2ccccc21. The Bertz CT molecular complexity index is 834. The highest BCUT2D eigenvalue weighted by Crippen LogP contribution is 2.25. The first kappa shape index (κ1) is 14.9. The third-order valence-electron chi connectivity index (χ3n) is 3.92. The largest absolute Gasteiger partial charge is 0.289 e. The predicted octanol–water partition coefficient (Wildman–Crippen LogP) is 4.36. The van der Waals surface area contributed by atoms with Crippen LogP contribution in [-0.4, -0.2) is 10.7 Å². The summed E-state index contributed by atoms with van der Waals surface area (Å²) in [6.45, 7) is 0. The number of rotatable bonds is 3. The molecule has 0 fully saturated rings. The normalized spacial score (nSPS) is 15.8. The molecule has 4 heteroatoms. The summed E-state index contributed by atoms with van der Waals surface area (Å²) in [6, 6.07) is 14.2. The van der Waals surface area contributed by atoms with Crippen LogP contribution in [0.15, 0.2) is 66.3 Å². The lowest BCUT2D eigenvalue weighted by atomic mass is 9.87. The van der Waals surface area contributed by atoms with Crippen LogP contribution in [0.25, 0.3) is 6.08 Å². The number of allylic oxidation sites excluding steroid dienone is 3. The van der Waals surface area contributed by atoms with Crippen LogP contribution < -0.4 is 0 Å². The van der Waals surface area contributed by atoms with Gasteiger partial charge in [-0.25, -0.2) is 0 Å². The van der Waals surface area contributed by atoms with E-state index in [1.807, 2.05) is 24.3 Å². The zero-order valence-electron chi connectivity index (χ0n) is 12.4. The second-order valence-electron chi connectivity index (χ2n) is 5.35. The molecule has 2 aromatic carbocycles. The maximum absolute atomic E-state index is 12.4. The monoisotopic (exact) mass is 305 g/mol. The Morgan fingerprint density at radius 1 is 1.00 bits per heavy atom. The highest BCUT2D eigenvalue weighted by Gasteiger charge is 2.20. The number of aryl methyl sites for hydroxylation is 1. The van der Waals surface area contributed by atoms with Gasteiger partial charge in [0.1, 0.15) is 0 Å². The fourth-order valence-electron chi connectivity index (χ4n) is 2.74. The van der Waals surface area contributed by atoms with Gasteiger partial charge in [-0.3, -0.25) is 14.9 Å². The molecule has 0 saturated carbocycles. The van der Waals surface area contributed by atoms with Gasteiger partial charge in [0.25, 0.3) is 5.69 Å². The molecule has 0 radical (unpaired) electrons. The molecule has 114 valence electrons. The van der Waals surface area contributed by atoms with Crippen LogP contribution in [0.3, 0.4) is 0 Å². The van der Waals surface area contributed by atoms with Crippen molar-refractivity contribution >= 4 is 17.5 Å². The van der Waals surface area contributed by atoms with Crippen molar-refractivity contribution in [3.05, 3.63) is 93.1 Å². The van der Waals surface area contributed by atoms with E-state index in [1.165, 1.54) is 6.07 Å². The van der Waals surface area contributed by atoms with Gasteiger partial charge in [-0.15, -0.1) is 0 Å². The van der Waals surface area contributed by atoms with Crippen molar-refractivity contribution in [3.63, 3.8) is 0 Å². The number of hydrogen-bond acceptors (Lipinski definition) is 3. The van der Waals surface area contributed by atoms with Gasteiger partial charge in [-0.2, -0.15) is 0 Å². The van der Waals surface area contributed by atoms with Crippen molar-refractivity contribution in [3.8, 4) is 0 Å². The van der Waals surface area contributed by atoms with Crippen molar-refractivity contribution in [2.45, 2.75) is 12.8 Å². The number of para-hydroxylation sites is 1. The van der Waals surface area contributed by atoms with Gasteiger partial charge in [0.2, 0.25) is 0 Å². The first-order valence-corrected chi connectivity index (χ1v) is 7.40. The Labute approximate surface area is 133 Å². The predicted molar refractivity (Wildman–Crippen MR) is 89.3 cm³/mol. The van der Waals surface area contributed by atoms with E-state index >= 15 is 0 Å².